The standard InChI is InChI=1S/C15H20N4O3S2/c16-15-18-17-14(23-15)10-22-12-6-8-13(9-7-12)24(20,21)19-11-4-2-1-3-5-11/h6-9,11,19H,1-5,10H2,(H2,16,18). The van der Waals surface area contributed by atoms with Gasteiger partial charge in [-0.15, -0.1) is 10.2 Å². The van der Waals surface area contributed by atoms with Gasteiger partial charge >= 0.3 is 0 Å². The highest BCUT2D eigenvalue weighted by Gasteiger charge is 2.21. The zero-order chi connectivity index (χ0) is 17.0. The molecule has 0 amide bonds. The average molecular weight is 368 g/mol. The summed E-state index contributed by atoms with van der Waals surface area (Å²) >= 11 is 1.26. The molecule has 0 aliphatic heterocycles. The zero-order valence-electron chi connectivity index (χ0n) is 13.1. The van der Waals surface area contributed by atoms with Crippen molar-refractivity contribution in [2.24, 2.45) is 0 Å². The summed E-state index contributed by atoms with van der Waals surface area (Å²) in [6, 6.07) is 6.42. The van der Waals surface area contributed by atoms with Gasteiger partial charge in [0.2, 0.25) is 15.2 Å². The third-order valence-corrected chi connectivity index (χ3v) is 6.17. The minimum Gasteiger partial charge on any atom is -0.486 e. The first-order chi connectivity index (χ1) is 11.5. The topological polar surface area (TPSA) is 107 Å². The molecule has 0 radical (unpaired) electrons. The van der Waals surface area contributed by atoms with Crippen molar-refractivity contribution in [3.63, 3.8) is 0 Å². The largest absolute Gasteiger partial charge is 0.486 e. The maximum atomic E-state index is 12.4. The molecule has 1 heterocycles. The van der Waals surface area contributed by atoms with Gasteiger partial charge < -0.3 is 10.5 Å². The summed E-state index contributed by atoms with van der Waals surface area (Å²) < 4.78 is 33.2. The number of rotatable bonds is 6. The van der Waals surface area contributed by atoms with Crippen molar-refractivity contribution in [2.75, 3.05) is 5.73 Å². The Morgan fingerprint density at radius 2 is 1.88 bits per heavy atom. The third-order valence-electron chi connectivity index (χ3n) is 3.91. The van der Waals surface area contributed by atoms with Crippen LogP contribution in [-0.2, 0) is 16.6 Å². The molecule has 3 rings (SSSR count). The number of nitrogens with two attached hydrogens (primary N) is 1. The molecular formula is C15H20N4O3S2. The zero-order valence-corrected chi connectivity index (χ0v) is 14.8. The molecule has 1 aliphatic rings. The predicted octanol–water partition coefficient (Wildman–Crippen LogP) is 2.31. The number of ether oxygens (including phenoxy) is 1. The highest BCUT2D eigenvalue weighted by atomic mass is 32.2. The maximum absolute atomic E-state index is 12.4. The number of nitrogen functional groups attached to an aromatic ring is 1. The average Bonchev–Trinajstić information content (AvgIpc) is 2.99. The van der Waals surface area contributed by atoms with Crippen molar-refractivity contribution in [1.29, 1.82) is 0 Å². The Balaban J connectivity index is 1.60. The van der Waals surface area contributed by atoms with Crippen LogP contribution >= 0.6 is 11.3 Å². The quantitative estimate of drug-likeness (QED) is 0.810. The van der Waals surface area contributed by atoms with E-state index in [-0.39, 0.29) is 17.5 Å². The van der Waals surface area contributed by atoms with E-state index in [9.17, 15) is 8.42 Å². The highest BCUT2D eigenvalue weighted by molar-refractivity contribution is 7.89. The lowest BCUT2D eigenvalue weighted by Gasteiger charge is -2.22. The third kappa shape index (κ3) is 4.43. The van der Waals surface area contributed by atoms with E-state index >= 15 is 0 Å². The molecule has 1 fully saturated rings. The summed E-state index contributed by atoms with van der Waals surface area (Å²) in [5.74, 6) is 0.570. The summed E-state index contributed by atoms with van der Waals surface area (Å²) in [4.78, 5) is 0.251. The van der Waals surface area contributed by atoms with Gasteiger partial charge in [-0.25, -0.2) is 13.1 Å². The lowest BCUT2D eigenvalue weighted by molar-refractivity contribution is 0.304. The second-order valence-corrected chi connectivity index (χ2v) is 8.56. The van der Waals surface area contributed by atoms with Gasteiger partial charge in [-0.1, -0.05) is 30.6 Å². The van der Waals surface area contributed by atoms with Gasteiger partial charge in [-0.3, -0.25) is 0 Å². The Labute approximate surface area is 145 Å². The van der Waals surface area contributed by atoms with Gasteiger partial charge in [-0.2, -0.15) is 0 Å². The Morgan fingerprint density at radius 3 is 2.50 bits per heavy atom. The molecule has 1 saturated carbocycles. The van der Waals surface area contributed by atoms with E-state index in [1.807, 2.05) is 0 Å². The Morgan fingerprint density at radius 1 is 1.17 bits per heavy atom. The van der Waals surface area contributed by atoms with Crippen molar-refractivity contribution >= 4 is 26.5 Å². The SMILES string of the molecule is Nc1nnc(COc2ccc(S(=O)(=O)NC3CCCCC3)cc2)s1. The van der Waals surface area contributed by atoms with Crippen LogP contribution in [-0.4, -0.2) is 24.7 Å². The van der Waals surface area contributed by atoms with Crippen molar-refractivity contribution in [2.45, 2.75) is 49.6 Å². The van der Waals surface area contributed by atoms with E-state index < -0.39 is 10.0 Å². The molecule has 0 bridgehead atoms. The number of hydrogen-bond donors (Lipinski definition) is 2. The minimum atomic E-state index is -3.48. The first-order valence-corrected chi connectivity index (χ1v) is 10.2. The van der Waals surface area contributed by atoms with Gasteiger partial charge in [0.25, 0.3) is 0 Å². The molecule has 1 aromatic heterocycles. The Hall–Kier alpha value is -1.71. The summed E-state index contributed by atoms with van der Waals surface area (Å²) in [5, 5.41) is 8.64. The van der Waals surface area contributed by atoms with Crippen LogP contribution in [0.15, 0.2) is 29.2 Å². The monoisotopic (exact) mass is 368 g/mol. The molecule has 24 heavy (non-hydrogen) atoms. The van der Waals surface area contributed by atoms with Crippen LogP contribution in [0.2, 0.25) is 0 Å². The van der Waals surface area contributed by atoms with Crippen LogP contribution in [0.25, 0.3) is 0 Å². The normalized spacial score (nSPS) is 16.2. The smallest absolute Gasteiger partial charge is 0.240 e. The van der Waals surface area contributed by atoms with Crippen molar-refractivity contribution in [3.05, 3.63) is 29.3 Å². The molecule has 7 nitrogen and oxygen atoms in total. The number of sulfonamides is 1. The molecule has 0 saturated heterocycles. The molecule has 0 atom stereocenters. The summed E-state index contributed by atoms with van der Waals surface area (Å²) in [6.45, 7) is 0.251. The van der Waals surface area contributed by atoms with Crippen molar-refractivity contribution < 1.29 is 13.2 Å². The van der Waals surface area contributed by atoms with Gasteiger partial charge in [0.15, 0.2) is 5.01 Å². The Bertz CT molecular complexity index is 768. The highest BCUT2D eigenvalue weighted by Crippen LogP contribution is 2.22. The molecule has 0 spiro atoms. The van der Waals surface area contributed by atoms with Gasteiger partial charge in [-0.05, 0) is 37.1 Å². The van der Waals surface area contributed by atoms with Gasteiger partial charge in [0.1, 0.15) is 12.4 Å². The predicted molar refractivity (Wildman–Crippen MR) is 92.3 cm³/mol. The molecule has 130 valence electrons. The summed E-state index contributed by atoms with van der Waals surface area (Å²) in [5.41, 5.74) is 5.51. The van der Waals surface area contributed by atoms with Crippen LogP contribution in [0.3, 0.4) is 0 Å². The number of benzene rings is 1. The fourth-order valence-corrected chi connectivity index (χ4v) is 4.52. The van der Waals surface area contributed by atoms with Gasteiger partial charge in [0.05, 0.1) is 4.90 Å². The summed E-state index contributed by atoms with van der Waals surface area (Å²) in [6.07, 6.45) is 5.16. The molecule has 1 aromatic carbocycles. The first kappa shape index (κ1) is 17.1. The molecule has 0 unspecified atom stereocenters. The second-order valence-electron chi connectivity index (χ2n) is 5.75. The second kappa shape index (κ2) is 7.45. The molecule has 3 N–H and O–H groups in total. The summed E-state index contributed by atoms with van der Waals surface area (Å²) in [7, 11) is -3.48. The lowest BCUT2D eigenvalue weighted by atomic mass is 9.96. The fraction of sp³-hybridized carbons (Fsp3) is 0.467. The number of hydrogen-bond acceptors (Lipinski definition) is 7. The van der Waals surface area contributed by atoms with Gasteiger partial charge in [0, 0.05) is 6.04 Å². The molecular weight excluding hydrogens is 348 g/mol. The van der Waals surface area contributed by atoms with Crippen molar-refractivity contribution in [1.82, 2.24) is 14.9 Å². The van der Waals surface area contributed by atoms with E-state index in [0.717, 1.165) is 25.7 Å². The van der Waals surface area contributed by atoms with E-state index in [1.54, 1.807) is 24.3 Å². The van der Waals surface area contributed by atoms with E-state index in [0.29, 0.717) is 15.9 Å². The van der Waals surface area contributed by atoms with Crippen LogP contribution in [0, 0.1) is 0 Å². The lowest BCUT2D eigenvalue weighted by Crippen LogP contribution is -2.36. The maximum Gasteiger partial charge on any atom is 0.240 e. The number of nitrogens with zero attached hydrogens (tertiary/aromatic N) is 2. The number of anilines is 1. The number of aromatic nitrogens is 2. The van der Waals surface area contributed by atoms with E-state index in [1.165, 1.54) is 17.8 Å². The molecule has 2 aromatic rings. The minimum absolute atomic E-state index is 0.0440. The van der Waals surface area contributed by atoms with Crippen LogP contribution < -0.4 is 15.2 Å². The fourth-order valence-electron chi connectivity index (χ4n) is 2.69. The van der Waals surface area contributed by atoms with Crippen LogP contribution in [0.1, 0.15) is 37.1 Å². The van der Waals surface area contributed by atoms with E-state index in [4.69, 9.17) is 10.5 Å². The van der Waals surface area contributed by atoms with Crippen molar-refractivity contribution in [3.8, 4) is 5.75 Å². The first-order valence-electron chi connectivity index (χ1n) is 7.86. The molecule has 1 aliphatic carbocycles. The van der Waals surface area contributed by atoms with Crippen LogP contribution in [0.5, 0.6) is 5.75 Å². The number of nitrogens with one attached hydrogen (secondary N) is 1. The molecule has 9 heteroatoms. The Kier molecular flexibility index (Phi) is 5.32. The van der Waals surface area contributed by atoms with Crippen LogP contribution in [0.4, 0.5) is 5.13 Å². The van der Waals surface area contributed by atoms with E-state index in [2.05, 4.69) is 14.9 Å².